The molecule has 4 heteroatoms. The molecule has 1 rings (SSSR count). The number of carbonyl (C=O) groups is 1. The third-order valence-corrected chi connectivity index (χ3v) is 3.87. The number of aliphatic hydroxyl groups excluding tert-OH is 1. The third kappa shape index (κ3) is 4.25. The van der Waals surface area contributed by atoms with Gasteiger partial charge >= 0.3 is 0 Å². The first-order valence-corrected chi connectivity index (χ1v) is 7.17. The molecule has 0 aromatic rings. The van der Waals surface area contributed by atoms with Crippen LogP contribution in [0.3, 0.4) is 0 Å². The molecule has 18 heavy (non-hydrogen) atoms. The van der Waals surface area contributed by atoms with Gasteiger partial charge in [0.1, 0.15) is 0 Å². The summed E-state index contributed by atoms with van der Waals surface area (Å²) >= 11 is 0. The van der Waals surface area contributed by atoms with E-state index in [1.54, 1.807) is 0 Å². The van der Waals surface area contributed by atoms with Crippen molar-refractivity contribution in [1.82, 2.24) is 10.6 Å². The summed E-state index contributed by atoms with van der Waals surface area (Å²) in [7, 11) is 0. The molecule has 3 N–H and O–H groups in total. The average Bonchev–Trinajstić information content (AvgIpc) is 2.36. The zero-order valence-corrected chi connectivity index (χ0v) is 12.0. The number of nitrogens with one attached hydrogen (secondary N) is 2. The predicted molar refractivity (Wildman–Crippen MR) is 73.3 cm³/mol. The van der Waals surface area contributed by atoms with Crippen molar-refractivity contribution in [3.05, 3.63) is 0 Å². The Morgan fingerprint density at radius 1 is 1.50 bits per heavy atom. The van der Waals surface area contributed by atoms with Crippen LogP contribution in [0.15, 0.2) is 0 Å². The fourth-order valence-electron chi connectivity index (χ4n) is 2.65. The van der Waals surface area contributed by atoms with Crippen molar-refractivity contribution in [2.45, 2.75) is 52.6 Å². The summed E-state index contributed by atoms with van der Waals surface area (Å²) in [5, 5.41) is 16.0. The molecule has 106 valence electrons. The molecule has 1 amide bonds. The topological polar surface area (TPSA) is 61.4 Å². The molecule has 1 heterocycles. The van der Waals surface area contributed by atoms with Gasteiger partial charge in [0.15, 0.2) is 0 Å². The first-order valence-electron chi connectivity index (χ1n) is 7.17. The minimum atomic E-state index is -0.431. The molecule has 0 aromatic heterocycles. The van der Waals surface area contributed by atoms with Crippen LogP contribution in [0.4, 0.5) is 0 Å². The Balaban J connectivity index is 2.42. The first kappa shape index (κ1) is 15.4. The molecule has 0 spiro atoms. The van der Waals surface area contributed by atoms with Crippen molar-refractivity contribution >= 4 is 5.91 Å². The Bertz CT molecular complexity index is 261. The van der Waals surface area contributed by atoms with E-state index in [9.17, 15) is 9.90 Å². The van der Waals surface area contributed by atoms with Crippen LogP contribution in [0.1, 0.15) is 46.5 Å². The maximum Gasteiger partial charge on any atom is 0.227 e. The van der Waals surface area contributed by atoms with E-state index in [-0.39, 0.29) is 11.3 Å². The Morgan fingerprint density at radius 2 is 2.22 bits per heavy atom. The highest BCUT2D eigenvalue weighted by atomic mass is 16.3. The van der Waals surface area contributed by atoms with Crippen LogP contribution in [0.25, 0.3) is 0 Å². The summed E-state index contributed by atoms with van der Waals surface area (Å²) in [4.78, 5) is 12.3. The highest BCUT2D eigenvalue weighted by Crippen LogP contribution is 2.30. The van der Waals surface area contributed by atoms with E-state index in [1.807, 2.05) is 0 Å². The van der Waals surface area contributed by atoms with Crippen LogP contribution in [0.2, 0.25) is 0 Å². The lowest BCUT2D eigenvalue weighted by Gasteiger charge is -2.35. The predicted octanol–water partition coefficient (Wildman–Crippen LogP) is 1.29. The van der Waals surface area contributed by atoms with E-state index >= 15 is 0 Å². The summed E-state index contributed by atoms with van der Waals surface area (Å²) in [5.74, 6) is 0.549. The zero-order valence-electron chi connectivity index (χ0n) is 12.0. The van der Waals surface area contributed by atoms with Crippen LogP contribution < -0.4 is 10.6 Å². The monoisotopic (exact) mass is 256 g/mol. The quantitative estimate of drug-likeness (QED) is 0.671. The molecule has 2 unspecified atom stereocenters. The maximum atomic E-state index is 12.3. The van der Waals surface area contributed by atoms with Gasteiger partial charge in [-0.1, -0.05) is 20.8 Å². The second-order valence-electron chi connectivity index (χ2n) is 5.91. The molecule has 1 saturated heterocycles. The molecule has 0 bridgehead atoms. The third-order valence-electron chi connectivity index (χ3n) is 3.87. The van der Waals surface area contributed by atoms with Gasteiger partial charge in [-0.05, 0) is 38.1 Å². The molecule has 0 aliphatic carbocycles. The minimum absolute atomic E-state index is 0.0972. The van der Waals surface area contributed by atoms with Crippen molar-refractivity contribution in [2.75, 3.05) is 19.6 Å². The standard InChI is InChI=1S/C14H28N2O2/c1-4-14(6-5-7-15-10-14)13(18)16-9-12(17)8-11(2)3/h11-12,15,17H,4-10H2,1-3H3,(H,16,18). The highest BCUT2D eigenvalue weighted by molar-refractivity contribution is 5.83. The van der Waals surface area contributed by atoms with Crippen LogP contribution in [-0.4, -0.2) is 36.8 Å². The summed E-state index contributed by atoms with van der Waals surface area (Å²) in [6.07, 6.45) is 3.15. The van der Waals surface area contributed by atoms with Crippen LogP contribution in [-0.2, 0) is 4.79 Å². The summed E-state index contributed by atoms with van der Waals surface area (Å²) in [5.41, 5.74) is -0.268. The fraction of sp³-hybridized carbons (Fsp3) is 0.929. The number of hydrogen-bond acceptors (Lipinski definition) is 3. The number of carbonyl (C=O) groups excluding carboxylic acids is 1. The van der Waals surface area contributed by atoms with Gasteiger partial charge in [0.25, 0.3) is 0 Å². The lowest BCUT2D eigenvalue weighted by atomic mass is 9.77. The van der Waals surface area contributed by atoms with Gasteiger partial charge < -0.3 is 15.7 Å². The number of piperidine rings is 1. The normalized spacial score (nSPS) is 26.1. The van der Waals surface area contributed by atoms with Crippen molar-refractivity contribution in [2.24, 2.45) is 11.3 Å². The molecule has 0 saturated carbocycles. The molecule has 4 nitrogen and oxygen atoms in total. The van der Waals surface area contributed by atoms with Gasteiger partial charge in [-0.15, -0.1) is 0 Å². The molecule has 1 aliphatic rings. The molecule has 0 radical (unpaired) electrons. The van der Waals surface area contributed by atoms with Crippen molar-refractivity contribution in [1.29, 1.82) is 0 Å². The number of amides is 1. The molecule has 0 aromatic carbocycles. The van der Waals surface area contributed by atoms with E-state index in [0.717, 1.165) is 38.8 Å². The second kappa shape index (κ2) is 7.10. The van der Waals surface area contributed by atoms with Gasteiger partial charge in [-0.2, -0.15) is 0 Å². The number of aliphatic hydroxyl groups is 1. The summed E-state index contributed by atoms with van der Waals surface area (Å²) in [6, 6.07) is 0. The van der Waals surface area contributed by atoms with Gasteiger partial charge in [0.2, 0.25) is 5.91 Å². The van der Waals surface area contributed by atoms with E-state index in [1.165, 1.54) is 0 Å². The van der Waals surface area contributed by atoms with Crippen molar-refractivity contribution in [3.8, 4) is 0 Å². The van der Waals surface area contributed by atoms with Crippen LogP contribution in [0.5, 0.6) is 0 Å². The molecular weight excluding hydrogens is 228 g/mol. The average molecular weight is 256 g/mol. The zero-order chi connectivity index (χ0) is 13.6. The van der Waals surface area contributed by atoms with E-state index in [2.05, 4.69) is 31.4 Å². The van der Waals surface area contributed by atoms with E-state index < -0.39 is 6.10 Å². The first-order chi connectivity index (χ1) is 8.50. The Morgan fingerprint density at radius 3 is 2.72 bits per heavy atom. The summed E-state index contributed by atoms with van der Waals surface area (Å²) in [6.45, 7) is 8.35. The van der Waals surface area contributed by atoms with Crippen LogP contribution in [0, 0.1) is 11.3 Å². The SMILES string of the molecule is CCC1(C(=O)NCC(O)CC(C)C)CCCNC1. The van der Waals surface area contributed by atoms with E-state index in [4.69, 9.17) is 0 Å². The Kier molecular flexibility index (Phi) is 6.09. The minimum Gasteiger partial charge on any atom is -0.391 e. The maximum absolute atomic E-state index is 12.3. The Labute approximate surface area is 111 Å². The lowest BCUT2D eigenvalue weighted by molar-refractivity contribution is -0.132. The van der Waals surface area contributed by atoms with Gasteiger partial charge in [0, 0.05) is 13.1 Å². The van der Waals surface area contributed by atoms with Crippen molar-refractivity contribution in [3.63, 3.8) is 0 Å². The van der Waals surface area contributed by atoms with Gasteiger partial charge in [0.05, 0.1) is 11.5 Å². The van der Waals surface area contributed by atoms with Crippen molar-refractivity contribution < 1.29 is 9.90 Å². The second-order valence-corrected chi connectivity index (χ2v) is 5.91. The van der Waals surface area contributed by atoms with E-state index in [0.29, 0.717) is 12.5 Å². The Hall–Kier alpha value is -0.610. The smallest absolute Gasteiger partial charge is 0.227 e. The molecular formula is C14H28N2O2. The molecule has 1 fully saturated rings. The molecule has 1 aliphatic heterocycles. The molecule has 2 atom stereocenters. The number of hydrogen-bond donors (Lipinski definition) is 3. The largest absolute Gasteiger partial charge is 0.391 e. The van der Waals surface area contributed by atoms with Gasteiger partial charge in [-0.3, -0.25) is 4.79 Å². The highest BCUT2D eigenvalue weighted by Gasteiger charge is 2.37. The number of rotatable bonds is 6. The van der Waals surface area contributed by atoms with Gasteiger partial charge in [-0.25, -0.2) is 0 Å². The van der Waals surface area contributed by atoms with Crippen LogP contribution >= 0.6 is 0 Å². The summed E-state index contributed by atoms with van der Waals surface area (Å²) < 4.78 is 0. The lowest BCUT2D eigenvalue weighted by Crippen LogP contribution is -2.51. The fourth-order valence-corrected chi connectivity index (χ4v) is 2.65.